The monoisotopic (exact) mass is 476 g/mol. The number of allylic oxidation sites excluding steroid dienone is 2. The number of esters is 2. The molecule has 2 atom stereocenters. The average molecular weight is 477 g/mol. The highest BCUT2D eigenvalue weighted by molar-refractivity contribution is 6.30. The summed E-state index contributed by atoms with van der Waals surface area (Å²) >= 11 is 5.17. The second kappa shape index (κ2) is 8.68. The van der Waals surface area contributed by atoms with Gasteiger partial charge in [-0.3, -0.25) is 9.59 Å². The molecular formula is C19H16ClF7O4. The van der Waals surface area contributed by atoms with E-state index in [0.717, 1.165) is 6.92 Å². The third kappa shape index (κ3) is 5.13. The van der Waals surface area contributed by atoms with Crippen LogP contribution in [0.2, 0.25) is 0 Å². The van der Waals surface area contributed by atoms with Gasteiger partial charge in [0.2, 0.25) is 0 Å². The molecule has 0 amide bonds. The Labute approximate surface area is 176 Å². The summed E-state index contributed by atoms with van der Waals surface area (Å²) in [6.07, 6.45) is -4.18. The number of halogens is 8. The lowest BCUT2D eigenvalue weighted by Gasteiger charge is -2.12. The zero-order valence-corrected chi connectivity index (χ0v) is 17.1. The topological polar surface area (TPSA) is 52.6 Å². The van der Waals surface area contributed by atoms with Crippen LogP contribution in [0.3, 0.4) is 0 Å². The lowest BCUT2D eigenvalue weighted by Crippen LogP contribution is -2.15. The fourth-order valence-electron chi connectivity index (χ4n) is 3.07. The van der Waals surface area contributed by atoms with E-state index in [9.17, 15) is 40.3 Å². The van der Waals surface area contributed by atoms with Crippen molar-refractivity contribution in [2.24, 2.45) is 17.3 Å². The fraction of sp³-hybridized carbons (Fsp3) is 0.474. The van der Waals surface area contributed by atoms with E-state index >= 15 is 0 Å². The molecule has 1 aliphatic rings. The molecule has 172 valence electrons. The molecule has 0 N–H and O–H groups in total. The van der Waals surface area contributed by atoms with Crippen molar-refractivity contribution < 1.29 is 49.8 Å². The number of alkyl halides is 3. The van der Waals surface area contributed by atoms with Crippen molar-refractivity contribution in [3.8, 4) is 0 Å². The lowest BCUT2D eigenvalue weighted by atomic mass is 10.1. The summed E-state index contributed by atoms with van der Waals surface area (Å²) < 4.78 is 103. The van der Waals surface area contributed by atoms with Crippen molar-refractivity contribution in [1.82, 2.24) is 0 Å². The highest BCUT2D eigenvalue weighted by atomic mass is 35.5. The van der Waals surface area contributed by atoms with Crippen LogP contribution in [0.25, 0.3) is 0 Å². The van der Waals surface area contributed by atoms with Crippen molar-refractivity contribution in [2.75, 3.05) is 0 Å². The van der Waals surface area contributed by atoms with E-state index in [-0.39, 0.29) is 0 Å². The molecule has 0 unspecified atom stereocenters. The highest BCUT2D eigenvalue weighted by Gasteiger charge is 2.62. The van der Waals surface area contributed by atoms with Gasteiger partial charge in [0, 0.05) is 6.92 Å². The van der Waals surface area contributed by atoms with Crippen molar-refractivity contribution in [2.45, 2.75) is 40.2 Å². The highest BCUT2D eigenvalue weighted by Crippen LogP contribution is 2.60. The molecular weight excluding hydrogens is 461 g/mol. The number of ether oxygens (including phenoxy) is 2. The minimum Gasteiger partial charge on any atom is -0.461 e. The van der Waals surface area contributed by atoms with Crippen LogP contribution in [-0.2, 0) is 32.3 Å². The molecule has 0 radical (unpaired) electrons. The Morgan fingerprint density at radius 1 is 0.968 bits per heavy atom. The second-order valence-electron chi connectivity index (χ2n) is 7.44. The smallest absolute Gasteiger partial charge is 0.426 e. The van der Waals surface area contributed by atoms with E-state index in [2.05, 4.69) is 4.74 Å². The summed E-state index contributed by atoms with van der Waals surface area (Å²) in [4.78, 5) is 22.9. The maximum absolute atomic E-state index is 14.2. The van der Waals surface area contributed by atoms with Crippen LogP contribution in [0.1, 0.15) is 31.9 Å². The summed E-state index contributed by atoms with van der Waals surface area (Å²) in [5.41, 5.74) is -3.41. The normalized spacial score (nSPS) is 20.4. The van der Waals surface area contributed by atoms with Gasteiger partial charge in [-0.05, 0) is 11.3 Å². The van der Waals surface area contributed by atoms with Gasteiger partial charge in [-0.15, -0.1) is 0 Å². The van der Waals surface area contributed by atoms with Gasteiger partial charge in [-0.25, -0.2) is 17.6 Å². The first-order valence-corrected chi connectivity index (χ1v) is 9.06. The molecule has 1 fully saturated rings. The van der Waals surface area contributed by atoms with Gasteiger partial charge in [-0.2, -0.15) is 13.2 Å². The van der Waals surface area contributed by atoms with Gasteiger partial charge < -0.3 is 9.47 Å². The molecule has 1 aromatic carbocycles. The largest absolute Gasteiger partial charge is 0.461 e. The van der Waals surface area contributed by atoms with Crippen LogP contribution in [-0.4, -0.2) is 18.1 Å². The first-order chi connectivity index (χ1) is 14.1. The summed E-state index contributed by atoms with van der Waals surface area (Å²) in [7, 11) is 0. The van der Waals surface area contributed by atoms with Crippen LogP contribution in [0.5, 0.6) is 0 Å². The van der Waals surface area contributed by atoms with Crippen molar-refractivity contribution in [1.29, 1.82) is 0 Å². The molecule has 2 rings (SSSR count). The van der Waals surface area contributed by atoms with Crippen molar-refractivity contribution >= 4 is 23.5 Å². The summed E-state index contributed by atoms with van der Waals surface area (Å²) in [5, 5.41) is -1.44. The molecule has 0 bridgehead atoms. The van der Waals surface area contributed by atoms with E-state index in [4.69, 9.17) is 16.3 Å². The van der Waals surface area contributed by atoms with Crippen molar-refractivity contribution in [3.05, 3.63) is 45.5 Å². The molecule has 12 heteroatoms. The Hall–Kier alpha value is -2.30. The SMILES string of the molecule is CC(=O)OCc1c(F)c(F)c(COC(=O)[C@H]2[C@@H](/C=C(\Cl)C(F)(F)F)C2(C)C)c(F)c1F. The molecule has 4 nitrogen and oxygen atoms in total. The molecule has 0 aliphatic heterocycles. The number of carbonyl (C=O) groups excluding carboxylic acids is 2. The molecule has 0 spiro atoms. The first-order valence-electron chi connectivity index (χ1n) is 8.68. The number of hydrogen-bond acceptors (Lipinski definition) is 4. The zero-order valence-electron chi connectivity index (χ0n) is 16.3. The standard InChI is InChI=1S/C19H16ClF7O4/c1-7(28)30-5-8-13(21)15(23)9(16(24)14(8)22)6-31-17(29)12-10(18(12,2)3)4-11(20)19(25,26)27/h4,10,12H,5-6H2,1-3H3/b11-4-/t10-,12-/m1/s1. The Bertz CT molecular complexity index is 911. The van der Waals surface area contributed by atoms with Crippen LogP contribution in [0.4, 0.5) is 30.7 Å². The average Bonchev–Trinajstić information content (AvgIpc) is 3.18. The molecule has 1 aliphatic carbocycles. The van der Waals surface area contributed by atoms with Crippen molar-refractivity contribution in [3.63, 3.8) is 0 Å². The molecule has 1 aromatic rings. The van der Waals surface area contributed by atoms with Gasteiger partial charge in [-0.1, -0.05) is 31.5 Å². The first kappa shape index (κ1) is 25.0. The van der Waals surface area contributed by atoms with E-state index in [1.807, 2.05) is 0 Å². The zero-order chi connectivity index (χ0) is 23.9. The predicted molar refractivity (Wildman–Crippen MR) is 92.3 cm³/mol. The third-order valence-electron chi connectivity index (χ3n) is 4.99. The maximum atomic E-state index is 14.2. The number of rotatable bonds is 6. The molecule has 0 heterocycles. The van der Waals surface area contributed by atoms with Gasteiger partial charge in [0.05, 0.1) is 17.0 Å². The van der Waals surface area contributed by atoms with Crippen LogP contribution < -0.4 is 0 Å². The van der Waals surface area contributed by atoms with Crippen LogP contribution >= 0.6 is 11.6 Å². The Morgan fingerprint density at radius 2 is 1.39 bits per heavy atom. The predicted octanol–water partition coefficient (Wildman–Crippen LogP) is 5.31. The molecule has 0 aromatic heterocycles. The van der Waals surface area contributed by atoms with Gasteiger partial charge in [0.15, 0.2) is 23.3 Å². The van der Waals surface area contributed by atoms with Gasteiger partial charge >= 0.3 is 18.1 Å². The van der Waals surface area contributed by atoms with Crippen LogP contribution in [0.15, 0.2) is 11.1 Å². The van der Waals surface area contributed by atoms with E-state index in [1.54, 1.807) is 0 Å². The summed E-state index contributed by atoms with van der Waals surface area (Å²) in [6, 6.07) is 0. The molecule has 31 heavy (non-hydrogen) atoms. The van der Waals surface area contributed by atoms with Gasteiger partial charge in [0.1, 0.15) is 18.2 Å². The van der Waals surface area contributed by atoms with E-state index in [0.29, 0.717) is 6.08 Å². The Balaban J connectivity index is 2.18. The third-order valence-corrected chi connectivity index (χ3v) is 5.33. The summed E-state index contributed by atoms with van der Waals surface area (Å²) in [5.74, 6) is -11.6. The fourth-order valence-corrected chi connectivity index (χ4v) is 3.21. The molecule has 0 saturated heterocycles. The number of benzene rings is 1. The second-order valence-corrected chi connectivity index (χ2v) is 7.85. The quantitative estimate of drug-likeness (QED) is 0.317. The Kier molecular flexibility index (Phi) is 6.99. The van der Waals surface area contributed by atoms with E-state index < -0.39 is 88.0 Å². The maximum Gasteiger partial charge on any atom is 0.426 e. The lowest BCUT2D eigenvalue weighted by molar-refractivity contribution is -0.148. The Morgan fingerprint density at radius 3 is 1.77 bits per heavy atom. The van der Waals surface area contributed by atoms with Gasteiger partial charge in [0.25, 0.3) is 0 Å². The number of hydrogen-bond donors (Lipinski definition) is 0. The van der Waals surface area contributed by atoms with Crippen LogP contribution in [0, 0.1) is 40.5 Å². The minimum atomic E-state index is -4.82. The molecule has 1 saturated carbocycles. The van der Waals surface area contributed by atoms with E-state index in [1.165, 1.54) is 13.8 Å². The number of carbonyl (C=O) groups is 2. The summed E-state index contributed by atoms with van der Waals surface area (Å²) in [6.45, 7) is 1.54. The minimum absolute atomic E-state index is 0.637.